The molecule has 0 saturated carbocycles. The zero-order chi connectivity index (χ0) is 15.9. The van der Waals surface area contributed by atoms with Gasteiger partial charge < -0.3 is 5.32 Å². The highest BCUT2D eigenvalue weighted by atomic mass is 16.2. The van der Waals surface area contributed by atoms with Crippen LogP contribution >= 0.6 is 0 Å². The third-order valence-electron chi connectivity index (χ3n) is 3.26. The Morgan fingerprint density at radius 1 is 1.05 bits per heavy atom. The average Bonchev–Trinajstić information content (AvgIpc) is 2.48. The summed E-state index contributed by atoms with van der Waals surface area (Å²) in [6.07, 6.45) is 0. The van der Waals surface area contributed by atoms with Crippen LogP contribution in [0, 0.1) is 0 Å². The Labute approximate surface area is 130 Å². The number of anilines is 1. The maximum absolute atomic E-state index is 12.1. The van der Waals surface area contributed by atoms with Crippen LogP contribution in [0.3, 0.4) is 0 Å². The van der Waals surface area contributed by atoms with Crippen LogP contribution in [0.15, 0.2) is 54.6 Å². The Hall–Kier alpha value is -2.46. The second-order valence-electron chi connectivity index (χ2n) is 5.34. The fraction of sp³-hybridized carbons (Fsp3) is 0.222. The number of nitrogens with one attached hydrogen (secondary N) is 1. The molecule has 1 N–H and O–H groups in total. The van der Waals surface area contributed by atoms with Crippen molar-refractivity contribution >= 4 is 17.4 Å². The molecule has 0 aliphatic heterocycles. The molecule has 2 aromatic carbocycles. The van der Waals surface area contributed by atoms with Crippen LogP contribution in [0.5, 0.6) is 0 Å². The van der Waals surface area contributed by atoms with Gasteiger partial charge >= 0.3 is 0 Å². The number of rotatable bonds is 6. The second-order valence-corrected chi connectivity index (χ2v) is 5.34. The fourth-order valence-corrected chi connectivity index (χ4v) is 2.21. The molecule has 2 rings (SSSR count). The third-order valence-corrected chi connectivity index (χ3v) is 3.26. The van der Waals surface area contributed by atoms with Crippen molar-refractivity contribution in [3.8, 4) is 0 Å². The van der Waals surface area contributed by atoms with E-state index in [1.807, 2.05) is 42.3 Å². The van der Waals surface area contributed by atoms with Gasteiger partial charge in [-0.05, 0) is 31.7 Å². The predicted molar refractivity (Wildman–Crippen MR) is 87.9 cm³/mol. The predicted octanol–water partition coefficient (Wildman–Crippen LogP) is 2.96. The normalized spacial score (nSPS) is 10.5. The van der Waals surface area contributed by atoms with E-state index in [9.17, 15) is 9.59 Å². The van der Waals surface area contributed by atoms with E-state index < -0.39 is 0 Å². The van der Waals surface area contributed by atoms with Gasteiger partial charge in [-0.3, -0.25) is 14.5 Å². The van der Waals surface area contributed by atoms with E-state index in [0.29, 0.717) is 24.3 Å². The maximum Gasteiger partial charge on any atom is 0.238 e. The molecule has 2 aromatic rings. The van der Waals surface area contributed by atoms with E-state index >= 15 is 0 Å². The zero-order valence-electron chi connectivity index (χ0n) is 12.9. The first-order valence-electron chi connectivity index (χ1n) is 7.18. The molecule has 0 heterocycles. The Kier molecular flexibility index (Phi) is 5.44. The molecule has 4 nitrogen and oxygen atoms in total. The van der Waals surface area contributed by atoms with Gasteiger partial charge in [0.2, 0.25) is 5.91 Å². The smallest absolute Gasteiger partial charge is 0.238 e. The number of Topliss-reactive ketones (excluding diaryl/α,β-unsaturated/α-hetero) is 1. The lowest BCUT2D eigenvalue weighted by Gasteiger charge is -2.16. The topological polar surface area (TPSA) is 49.4 Å². The lowest BCUT2D eigenvalue weighted by Crippen LogP contribution is -2.29. The summed E-state index contributed by atoms with van der Waals surface area (Å²) in [5.74, 6) is -0.114. The van der Waals surface area contributed by atoms with Crippen LogP contribution in [0.4, 0.5) is 5.69 Å². The van der Waals surface area contributed by atoms with E-state index in [1.165, 1.54) is 6.92 Å². The summed E-state index contributed by atoms with van der Waals surface area (Å²) in [6.45, 7) is 2.51. The summed E-state index contributed by atoms with van der Waals surface area (Å²) in [4.78, 5) is 25.3. The number of hydrogen-bond acceptors (Lipinski definition) is 3. The van der Waals surface area contributed by atoms with Crippen LogP contribution < -0.4 is 5.32 Å². The highest BCUT2D eigenvalue weighted by Crippen LogP contribution is 2.11. The van der Waals surface area contributed by atoms with E-state index in [1.54, 1.807) is 24.3 Å². The molecular formula is C18H20N2O2. The quantitative estimate of drug-likeness (QED) is 0.834. The first kappa shape index (κ1) is 15.9. The van der Waals surface area contributed by atoms with Gasteiger partial charge in [0.25, 0.3) is 0 Å². The monoisotopic (exact) mass is 296 g/mol. The number of carbonyl (C=O) groups excluding carboxylic acids is 2. The number of likely N-dealkylation sites (N-methyl/N-ethyl adjacent to an activating group) is 1. The van der Waals surface area contributed by atoms with Crippen LogP contribution in [0.25, 0.3) is 0 Å². The van der Waals surface area contributed by atoms with Crippen molar-refractivity contribution in [2.24, 2.45) is 0 Å². The summed E-state index contributed by atoms with van der Waals surface area (Å²) in [5.41, 5.74) is 2.40. The van der Waals surface area contributed by atoms with Gasteiger partial charge in [-0.2, -0.15) is 0 Å². The molecule has 114 valence electrons. The van der Waals surface area contributed by atoms with Gasteiger partial charge in [-0.15, -0.1) is 0 Å². The van der Waals surface area contributed by atoms with Crippen molar-refractivity contribution in [2.75, 3.05) is 18.9 Å². The first-order valence-corrected chi connectivity index (χ1v) is 7.18. The number of hydrogen-bond donors (Lipinski definition) is 1. The minimum absolute atomic E-state index is 0.0164. The molecule has 0 radical (unpaired) electrons. The van der Waals surface area contributed by atoms with Crippen molar-refractivity contribution in [1.82, 2.24) is 4.90 Å². The lowest BCUT2D eigenvalue weighted by molar-refractivity contribution is -0.117. The molecule has 0 atom stereocenters. The largest absolute Gasteiger partial charge is 0.325 e. The van der Waals surface area contributed by atoms with Gasteiger partial charge in [0.1, 0.15) is 0 Å². The van der Waals surface area contributed by atoms with Gasteiger partial charge in [-0.1, -0.05) is 42.5 Å². The average molecular weight is 296 g/mol. The molecule has 1 amide bonds. The molecule has 0 aliphatic rings. The number of nitrogens with zero attached hydrogens (tertiary/aromatic N) is 1. The molecule has 0 aliphatic carbocycles. The molecule has 0 aromatic heterocycles. The van der Waals surface area contributed by atoms with E-state index in [4.69, 9.17) is 0 Å². The molecule has 0 bridgehead atoms. The number of ketones is 1. The number of amides is 1. The molecule has 0 saturated heterocycles. The zero-order valence-corrected chi connectivity index (χ0v) is 12.9. The van der Waals surface area contributed by atoms with Crippen molar-refractivity contribution < 1.29 is 9.59 Å². The summed E-state index contributed by atoms with van der Waals surface area (Å²) in [7, 11) is 1.90. The minimum atomic E-state index is -0.0980. The Morgan fingerprint density at radius 2 is 1.77 bits per heavy atom. The van der Waals surface area contributed by atoms with Gasteiger partial charge in [0.15, 0.2) is 5.78 Å². The Bertz CT molecular complexity index is 653. The molecule has 0 unspecified atom stereocenters. The molecule has 0 spiro atoms. The summed E-state index contributed by atoms with van der Waals surface area (Å²) < 4.78 is 0. The van der Waals surface area contributed by atoms with Crippen molar-refractivity contribution in [3.05, 3.63) is 65.7 Å². The standard InChI is InChI=1S/C18H20N2O2/c1-14(21)16-9-6-10-17(11-16)19-18(22)13-20(2)12-15-7-4-3-5-8-15/h3-11H,12-13H2,1-2H3,(H,19,22). The van der Waals surface area contributed by atoms with E-state index in [-0.39, 0.29) is 11.7 Å². The molecular weight excluding hydrogens is 276 g/mol. The van der Waals surface area contributed by atoms with Crippen molar-refractivity contribution in [1.29, 1.82) is 0 Å². The molecule has 0 fully saturated rings. The van der Waals surface area contributed by atoms with Gasteiger partial charge in [0, 0.05) is 17.8 Å². The van der Waals surface area contributed by atoms with Crippen LogP contribution in [0.1, 0.15) is 22.8 Å². The SMILES string of the molecule is CC(=O)c1cccc(NC(=O)CN(C)Cc2ccccc2)c1. The van der Waals surface area contributed by atoms with Crippen LogP contribution in [0.2, 0.25) is 0 Å². The Morgan fingerprint density at radius 3 is 2.45 bits per heavy atom. The molecule has 22 heavy (non-hydrogen) atoms. The first-order chi connectivity index (χ1) is 10.5. The summed E-state index contributed by atoms with van der Waals surface area (Å²) in [5, 5.41) is 2.82. The highest BCUT2D eigenvalue weighted by molar-refractivity contribution is 5.97. The van der Waals surface area contributed by atoms with Crippen LogP contribution in [-0.2, 0) is 11.3 Å². The van der Waals surface area contributed by atoms with Gasteiger partial charge in [0.05, 0.1) is 6.54 Å². The summed E-state index contributed by atoms with van der Waals surface area (Å²) >= 11 is 0. The van der Waals surface area contributed by atoms with Crippen molar-refractivity contribution in [2.45, 2.75) is 13.5 Å². The number of carbonyl (C=O) groups is 2. The second kappa shape index (κ2) is 7.52. The highest BCUT2D eigenvalue weighted by Gasteiger charge is 2.08. The minimum Gasteiger partial charge on any atom is -0.325 e. The maximum atomic E-state index is 12.1. The lowest BCUT2D eigenvalue weighted by atomic mass is 10.1. The third kappa shape index (κ3) is 4.82. The molecule has 4 heteroatoms. The van der Waals surface area contributed by atoms with E-state index in [2.05, 4.69) is 5.32 Å². The fourth-order valence-electron chi connectivity index (χ4n) is 2.21. The van der Waals surface area contributed by atoms with Crippen LogP contribution in [-0.4, -0.2) is 30.2 Å². The van der Waals surface area contributed by atoms with E-state index in [0.717, 1.165) is 5.56 Å². The van der Waals surface area contributed by atoms with Gasteiger partial charge in [-0.25, -0.2) is 0 Å². The van der Waals surface area contributed by atoms with Crippen molar-refractivity contribution in [3.63, 3.8) is 0 Å². The number of benzene rings is 2. The Balaban J connectivity index is 1.90. The summed E-state index contributed by atoms with van der Waals surface area (Å²) in [6, 6.07) is 17.0.